The molecule has 5 atom stereocenters. The smallest absolute Gasteiger partial charge is 0.303 e. The third-order valence-electron chi connectivity index (χ3n) is 10.6. The zero-order valence-corrected chi connectivity index (χ0v) is 17.3. The standard InChI is InChI=1S/C24H34O5/c25-20(26)2-1-3-27-21-18-7-17-8-19(21)24(28-29-24)23(12-17,13-18)22-9-14-4-15(10-22)6-16(5-14)11-22/h14-19,21H,1-13H2,(H,25,26). The maximum Gasteiger partial charge on any atom is 0.303 e. The number of hydrogen-bond acceptors (Lipinski definition) is 4. The van der Waals surface area contributed by atoms with Crippen LogP contribution in [0.25, 0.3) is 0 Å². The van der Waals surface area contributed by atoms with Crippen molar-refractivity contribution in [3.63, 3.8) is 0 Å². The van der Waals surface area contributed by atoms with E-state index in [1.165, 1.54) is 64.2 Å². The van der Waals surface area contributed by atoms with Gasteiger partial charge in [0.05, 0.1) is 6.10 Å². The van der Waals surface area contributed by atoms with Gasteiger partial charge in [0.1, 0.15) is 0 Å². The van der Waals surface area contributed by atoms with Crippen LogP contribution in [0.2, 0.25) is 0 Å². The summed E-state index contributed by atoms with van der Waals surface area (Å²) in [4.78, 5) is 23.0. The second-order valence-corrected chi connectivity index (χ2v) is 12.1. The first kappa shape index (κ1) is 18.0. The highest BCUT2D eigenvalue weighted by atomic mass is 17.4. The molecule has 1 saturated heterocycles. The Hall–Kier alpha value is -0.650. The lowest BCUT2D eigenvalue weighted by Crippen LogP contribution is -2.71. The normalized spacial score (nSPS) is 55.0. The minimum atomic E-state index is -0.732. The van der Waals surface area contributed by atoms with E-state index in [9.17, 15) is 4.79 Å². The van der Waals surface area contributed by atoms with Crippen LogP contribution >= 0.6 is 0 Å². The first-order valence-corrected chi connectivity index (χ1v) is 12.2. The van der Waals surface area contributed by atoms with E-state index in [4.69, 9.17) is 19.6 Å². The van der Waals surface area contributed by atoms with Crippen molar-refractivity contribution in [1.82, 2.24) is 0 Å². The van der Waals surface area contributed by atoms with Crippen molar-refractivity contribution in [3.8, 4) is 0 Å². The van der Waals surface area contributed by atoms with Crippen molar-refractivity contribution >= 4 is 5.97 Å². The summed E-state index contributed by atoms with van der Waals surface area (Å²) < 4.78 is 6.39. The molecule has 1 spiro atoms. The molecule has 9 rings (SSSR count). The molecule has 9 fully saturated rings. The van der Waals surface area contributed by atoms with Crippen LogP contribution < -0.4 is 0 Å². The van der Waals surface area contributed by atoms with E-state index in [0.717, 1.165) is 23.7 Å². The topological polar surface area (TPSA) is 71.6 Å². The van der Waals surface area contributed by atoms with E-state index >= 15 is 0 Å². The van der Waals surface area contributed by atoms with Crippen molar-refractivity contribution in [2.45, 2.75) is 88.9 Å². The summed E-state index contributed by atoms with van der Waals surface area (Å²) in [6.45, 7) is 0.551. The van der Waals surface area contributed by atoms with Crippen molar-refractivity contribution in [2.75, 3.05) is 6.61 Å². The predicted octanol–water partition coefficient (Wildman–Crippen LogP) is 4.55. The van der Waals surface area contributed by atoms with Crippen molar-refractivity contribution in [3.05, 3.63) is 0 Å². The molecule has 8 saturated carbocycles. The molecule has 0 aromatic carbocycles. The lowest BCUT2D eigenvalue weighted by Gasteiger charge is -2.71. The summed E-state index contributed by atoms with van der Waals surface area (Å²) in [7, 11) is 0. The minimum absolute atomic E-state index is 0.194. The van der Waals surface area contributed by atoms with E-state index in [0.29, 0.717) is 30.3 Å². The van der Waals surface area contributed by atoms with E-state index in [1.54, 1.807) is 0 Å². The Labute approximate surface area is 172 Å². The van der Waals surface area contributed by atoms with E-state index in [2.05, 4.69) is 0 Å². The van der Waals surface area contributed by atoms with Crippen LogP contribution in [0.4, 0.5) is 0 Å². The van der Waals surface area contributed by atoms with Gasteiger partial charge in [-0.1, -0.05) is 0 Å². The molecule has 5 nitrogen and oxygen atoms in total. The molecule has 1 aliphatic heterocycles. The molecule has 160 valence electrons. The van der Waals surface area contributed by atoms with E-state index in [-0.39, 0.29) is 23.7 Å². The number of ether oxygens (including phenoxy) is 1. The van der Waals surface area contributed by atoms with Crippen LogP contribution in [0.1, 0.15) is 77.0 Å². The molecule has 8 aliphatic carbocycles. The molecule has 0 aromatic rings. The largest absolute Gasteiger partial charge is 0.481 e. The van der Waals surface area contributed by atoms with Crippen LogP contribution in [0.3, 0.4) is 0 Å². The SMILES string of the molecule is O=C(O)CCCOC1C2CC3CC1C1(OO1)C(C14CC5CC(CC(C5)C1)C4)(C3)C2. The fourth-order valence-electron chi connectivity index (χ4n) is 10.4. The van der Waals surface area contributed by atoms with Gasteiger partial charge in [0, 0.05) is 24.4 Å². The number of carbonyl (C=O) groups is 1. The molecule has 5 unspecified atom stereocenters. The summed E-state index contributed by atoms with van der Waals surface area (Å²) in [5.41, 5.74) is 0.662. The van der Waals surface area contributed by atoms with Gasteiger partial charge >= 0.3 is 5.97 Å². The Balaban J connectivity index is 1.20. The summed E-state index contributed by atoms with van der Waals surface area (Å²) in [5.74, 6) is 3.52. The Kier molecular flexibility index (Phi) is 3.58. The highest BCUT2D eigenvalue weighted by molar-refractivity contribution is 5.66. The van der Waals surface area contributed by atoms with E-state index < -0.39 is 5.97 Å². The van der Waals surface area contributed by atoms with Gasteiger partial charge in [0.15, 0.2) is 0 Å². The van der Waals surface area contributed by atoms with Crippen LogP contribution in [0.5, 0.6) is 0 Å². The van der Waals surface area contributed by atoms with E-state index in [1.807, 2.05) is 0 Å². The van der Waals surface area contributed by atoms with Gasteiger partial charge in [-0.15, -0.1) is 0 Å². The number of rotatable bonds is 6. The van der Waals surface area contributed by atoms with Gasteiger partial charge in [0.25, 0.3) is 0 Å². The fraction of sp³-hybridized carbons (Fsp3) is 0.958. The number of carboxylic acid groups (broad SMARTS) is 1. The van der Waals surface area contributed by atoms with Crippen LogP contribution in [-0.2, 0) is 19.3 Å². The fourth-order valence-corrected chi connectivity index (χ4v) is 10.4. The first-order valence-electron chi connectivity index (χ1n) is 12.2. The zero-order chi connectivity index (χ0) is 19.4. The molecule has 9 aliphatic rings. The molecule has 0 amide bonds. The summed E-state index contributed by atoms with van der Waals surface area (Å²) in [5, 5.41) is 8.94. The number of hydrogen-bond donors (Lipinski definition) is 1. The molecule has 5 heteroatoms. The molecule has 1 N–H and O–H groups in total. The molecule has 8 bridgehead atoms. The van der Waals surface area contributed by atoms with Gasteiger partial charge in [-0.05, 0) is 106 Å². The molecule has 0 aromatic heterocycles. The monoisotopic (exact) mass is 402 g/mol. The third kappa shape index (κ3) is 2.25. The van der Waals surface area contributed by atoms with Crippen LogP contribution in [0.15, 0.2) is 0 Å². The van der Waals surface area contributed by atoms with Gasteiger partial charge in [-0.3, -0.25) is 4.79 Å². The Morgan fingerprint density at radius 3 is 2.17 bits per heavy atom. The second-order valence-electron chi connectivity index (χ2n) is 12.1. The Morgan fingerprint density at radius 1 is 0.897 bits per heavy atom. The highest BCUT2D eigenvalue weighted by Crippen LogP contribution is 2.81. The maximum atomic E-state index is 10.9. The molecular formula is C24H34O5. The Bertz CT molecular complexity index is 693. The maximum absolute atomic E-state index is 10.9. The minimum Gasteiger partial charge on any atom is -0.481 e. The quantitative estimate of drug-likeness (QED) is 0.401. The summed E-state index contributed by atoms with van der Waals surface area (Å²) in [6.07, 6.45) is 14.7. The first-order chi connectivity index (χ1) is 14.0. The van der Waals surface area contributed by atoms with Gasteiger partial charge < -0.3 is 9.84 Å². The molecule has 29 heavy (non-hydrogen) atoms. The molecule has 1 heterocycles. The highest BCUT2D eigenvalue weighted by Gasteiger charge is 2.83. The molecule has 0 radical (unpaired) electrons. The van der Waals surface area contributed by atoms with Crippen LogP contribution in [0, 0.1) is 46.3 Å². The number of aliphatic carboxylic acids is 1. The van der Waals surface area contributed by atoms with Crippen LogP contribution in [-0.4, -0.2) is 29.6 Å². The average Bonchev–Trinajstić information content (AvgIpc) is 3.45. The molecular weight excluding hydrogens is 368 g/mol. The van der Waals surface area contributed by atoms with Crippen molar-refractivity contribution in [1.29, 1.82) is 0 Å². The van der Waals surface area contributed by atoms with Crippen molar-refractivity contribution in [2.24, 2.45) is 46.3 Å². The zero-order valence-electron chi connectivity index (χ0n) is 17.3. The lowest BCUT2D eigenvalue weighted by atomic mass is 9.33. The third-order valence-corrected chi connectivity index (χ3v) is 10.6. The lowest BCUT2D eigenvalue weighted by molar-refractivity contribution is -0.277. The number of carboxylic acids is 1. The second kappa shape index (κ2) is 5.77. The average molecular weight is 403 g/mol. The van der Waals surface area contributed by atoms with Crippen molar-refractivity contribution < 1.29 is 24.4 Å². The Morgan fingerprint density at radius 2 is 1.55 bits per heavy atom. The van der Waals surface area contributed by atoms with Gasteiger partial charge in [0.2, 0.25) is 5.79 Å². The summed E-state index contributed by atoms with van der Waals surface area (Å²) in [6, 6.07) is 0. The van der Waals surface area contributed by atoms with Gasteiger partial charge in [-0.25, -0.2) is 0 Å². The predicted molar refractivity (Wildman–Crippen MR) is 103 cm³/mol. The van der Waals surface area contributed by atoms with Gasteiger partial charge in [-0.2, -0.15) is 9.78 Å². The summed E-state index contributed by atoms with van der Waals surface area (Å²) >= 11 is 0.